The fraction of sp³-hybridized carbons (Fsp3) is 0.271. The Hall–Kier alpha value is -13.7. The van der Waals surface area contributed by atoms with E-state index in [-0.39, 0.29) is 98.7 Å². The zero-order valence-electron chi connectivity index (χ0n) is 83.0. The minimum Gasteiger partial charge on any atom is -0.310 e. The Balaban J connectivity index is 0.000000200. The molecule has 0 atom stereocenters. The number of fused-ring (bicyclic) bond motifs is 18. The fourth-order valence-electron chi connectivity index (χ4n) is 25.9. The molecule has 23 rings (SSSR count). The summed E-state index contributed by atoms with van der Waals surface area (Å²) in [6.07, 6.45) is 0. The molecule has 2 heteroatoms. The van der Waals surface area contributed by atoms with Crippen LogP contribution in [0.5, 0.6) is 0 Å². The average Bonchev–Trinajstić information content (AvgIpc) is 0.654. The van der Waals surface area contributed by atoms with Crippen molar-refractivity contribution < 1.29 is 0 Å². The second kappa shape index (κ2) is 35.8. The third kappa shape index (κ3) is 14.1. The molecule has 0 N–H and O–H groups in total. The standard InChI is InChI=1S/C74H65N.C60H61N.6CH4/c1-69(2)63-38-24-21-35-57(63)60-47-54(41-44-65(60)71(69,5)6)75(55-42-45-66-61(48-55)58-36-22-25-39-64(58)70(3,4)72(66,7)8)56-43-46-68-62(49-56)59-37-23-26-40-67(59)73(50-27-13-9-14-28-50,51-29-15-10-16-30-51)74(68,52-31-17-11-18-32-52)53-33-19-12-20-34-53;1-55(2)48-26-18-16-23-43(48)46-35-39(30-33-50(46)57(55,5)6)61(40-31-34-51-47(36-40)44-24-17-19-27-49(44)56(3,4)58(51,7)8)41-29-32-45-53(37-41)60(11,12)59(9,10)52-28-20-25-42(54(45)52)38-21-14-13-15-22-38;;;;;;/h9-49H,1-8H3;13-37H,1-12H3;6*1H4. The lowest BCUT2D eigenvalue weighted by atomic mass is 9.43. The Morgan fingerprint density at radius 3 is 0.620 bits per heavy atom. The lowest BCUT2D eigenvalue weighted by Gasteiger charge is -2.57. The molecule has 720 valence electrons. The van der Waals surface area contributed by atoms with Gasteiger partial charge in [-0.15, -0.1) is 0 Å². The van der Waals surface area contributed by atoms with E-state index in [1.54, 1.807) is 0 Å². The van der Waals surface area contributed by atoms with Gasteiger partial charge in [0.2, 0.25) is 0 Å². The Morgan fingerprint density at radius 1 is 0.134 bits per heavy atom. The highest BCUT2D eigenvalue weighted by Crippen LogP contribution is 2.69. The van der Waals surface area contributed by atoms with E-state index in [1.807, 2.05) is 0 Å². The van der Waals surface area contributed by atoms with E-state index in [0.29, 0.717) is 0 Å². The maximum absolute atomic E-state index is 2.55. The van der Waals surface area contributed by atoms with Crippen molar-refractivity contribution in [3.8, 4) is 77.9 Å². The first kappa shape index (κ1) is 101. The van der Waals surface area contributed by atoms with Crippen LogP contribution in [0.15, 0.2) is 400 Å². The molecule has 0 heterocycles. The van der Waals surface area contributed by atoms with Gasteiger partial charge in [-0.2, -0.15) is 0 Å². The van der Waals surface area contributed by atoms with Crippen molar-refractivity contribution in [2.45, 2.75) is 248 Å². The van der Waals surface area contributed by atoms with Crippen molar-refractivity contribution in [2.24, 2.45) is 0 Å². The minimum atomic E-state index is -0.743. The summed E-state index contributed by atoms with van der Waals surface area (Å²) in [5.74, 6) is 0. The van der Waals surface area contributed by atoms with Crippen molar-refractivity contribution in [1.82, 2.24) is 0 Å². The molecular formula is C140H150N2. The molecular weight excluding hydrogens is 1710 g/mol. The van der Waals surface area contributed by atoms with Gasteiger partial charge < -0.3 is 9.80 Å². The fourth-order valence-corrected chi connectivity index (χ4v) is 25.9. The molecule has 0 aromatic heterocycles. The monoisotopic (exact) mass is 1860 g/mol. The van der Waals surface area contributed by atoms with Gasteiger partial charge in [-0.05, 0) is 294 Å². The molecule has 0 saturated heterocycles. The van der Waals surface area contributed by atoms with E-state index >= 15 is 0 Å². The lowest BCUT2D eigenvalue weighted by Crippen LogP contribution is -2.54. The Morgan fingerprint density at radius 2 is 0.324 bits per heavy atom. The highest BCUT2D eigenvalue weighted by atomic mass is 15.1. The maximum Gasteiger partial charge on any atom is 0.0635 e. The van der Waals surface area contributed by atoms with Gasteiger partial charge in [-0.25, -0.2) is 0 Å². The summed E-state index contributed by atoms with van der Waals surface area (Å²) >= 11 is 0. The summed E-state index contributed by atoms with van der Waals surface area (Å²) in [6.45, 7) is 48.6. The van der Waals surface area contributed by atoms with Gasteiger partial charge in [0.05, 0.1) is 10.8 Å². The van der Waals surface area contributed by atoms with Crippen LogP contribution in [0.3, 0.4) is 0 Å². The molecule has 0 unspecified atom stereocenters. The zero-order valence-corrected chi connectivity index (χ0v) is 83.0. The van der Waals surface area contributed by atoms with Gasteiger partial charge in [0.1, 0.15) is 0 Å². The van der Waals surface area contributed by atoms with Gasteiger partial charge in [0, 0.05) is 34.1 Å². The minimum absolute atomic E-state index is 0. The van der Waals surface area contributed by atoms with Crippen molar-refractivity contribution in [3.05, 3.63) is 489 Å². The van der Waals surface area contributed by atoms with Crippen molar-refractivity contribution >= 4 is 34.1 Å². The topological polar surface area (TPSA) is 6.48 Å². The summed E-state index contributed by atoms with van der Waals surface area (Å²) in [7, 11) is 0. The first-order chi connectivity index (χ1) is 65.1. The van der Waals surface area contributed by atoms with Gasteiger partial charge in [0.25, 0.3) is 0 Å². The lowest BCUT2D eigenvalue weighted by molar-refractivity contribution is 0.299. The van der Waals surface area contributed by atoms with E-state index in [1.165, 1.54) is 184 Å². The third-order valence-corrected chi connectivity index (χ3v) is 36.8. The number of anilines is 6. The van der Waals surface area contributed by atoms with Crippen molar-refractivity contribution in [1.29, 1.82) is 0 Å². The summed E-state index contributed by atoms with van der Waals surface area (Å²) in [4.78, 5) is 5.10. The smallest absolute Gasteiger partial charge is 0.0635 e. The first-order valence-corrected chi connectivity index (χ1v) is 49.5. The molecule has 17 aromatic rings. The highest BCUT2D eigenvalue weighted by molar-refractivity contribution is 5.97. The van der Waals surface area contributed by atoms with Crippen LogP contribution in [0.25, 0.3) is 77.9 Å². The van der Waals surface area contributed by atoms with Crippen LogP contribution in [-0.4, -0.2) is 0 Å². The molecule has 0 radical (unpaired) electrons. The van der Waals surface area contributed by atoms with E-state index < -0.39 is 10.8 Å². The molecule has 6 aliphatic rings. The second-order valence-electron chi connectivity index (χ2n) is 45.1. The molecule has 6 aliphatic carbocycles. The van der Waals surface area contributed by atoms with Crippen LogP contribution in [0.4, 0.5) is 34.1 Å². The van der Waals surface area contributed by atoms with E-state index in [9.17, 15) is 0 Å². The van der Waals surface area contributed by atoms with E-state index in [4.69, 9.17) is 0 Å². The molecule has 17 aromatic carbocycles. The zero-order chi connectivity index (χ0) is 94.6. The number of benzene rings is 17. The quantitative estimate of drug-likeness (QED) is 0.127. The molecule has 0 saturated carbocycles. The van der Waals surface area contributed by atoms with Crippen molar-refractivity contribution in [2.75, 3.05) is 9.80 Å². The predicted octanol–water partition coefficient (Wildman–Crippen LogP) is 39.3. The van der Waals surface area contributed by atoms with Crippen molar-refractivity contribution in [3.63, 3.8) is 0 Å². The first-order valence-electron chi connectivity index (χ1n) is 49.5. The van der Waals surface area contributed by atoms with Crippen LogP contribution in [0.1, 0.15) is 272 Å². The maximum atomic E-state index is 2.55. The second-order valence-corrected chi connectivity index (χ2v) is 45.1. The van der Waals surface area contributed by atoms with Gasteiger partial charge >= 0.3 is 0 Å². The molecule has 2 nitrogen and oxygen atoms in total. The van der Waals surface area contributed by atoms with Crippen LogP contribution >= 0.6 is 0 Å². The number of nitrogens with zero attached hydrogens (tertiary/aromatic N) is 2. The molecule has 0 spiro atoms. The van der Waals surface area contributed by atoms with Crippen LogP contribution in [0, 0.1) is 0 Å². The molecule has 0 amide bonds. The third-order valence-electron chi connectivity index (χ3n) is 36.8. The molecule has 0 bridgehead atoms. The molecule has 0 aliphatic heterocycles. The molecule has 142 heavy (non-hydrogen) atoms. The normalized spacial score (nSPS) is 17.1. The summed E-state index contributed by atoms with van der Waals surface area (Å²) in [5, 5.41) is 0. The number of hydrogen-bond acceptors (Lipinski definition) is 2. The largest absolute Gasteiger partial charge is 0.310 e. The van der Waals surface area contributed by atoms with Crippen LogP contribution in [0.2, 0.25) is 0 Å². The summed E-state index contributed by atoms with van der Waals surface area (Å²) < 4.78 is 0. The van der Waals surface area contributed by atoms with Gasteiger partial charge in [-0.1, -0.05) is 511 Å². The Kier molecular flexibility index (Phi) is 25.5. The Bertz CT molecular complexity index is 7310. The number of rotatable bonds is 11. The highest BCUT2D eigenvalue weighted by Gasteiger charge is 2.62. The van der Waals surface area contributed by atoms with Crippen LogP contribution in [-0.2, 0) is 65.0 Å². The van der Waals surface area contributed by atoms with E-state index in [2.05, 4.69) is 549 Å². The van der Waals surface area contributed by atoms with Crippen LogP contribution < -0.4 is 9.80 Å². The SMILES string of the molecule is C.C.C.C.C.C.CC1(C)c2ccccc2-c2cc(N(c3ccc4c(c3)-c3ccccc3C(C)(C)C4(C)C)c3ccc4c(c3)-c3ccccc3C(c3ccccc3)(c3ccccc3)C4(c3ccccc3)c3ccccc3)ccc2C1(C)C.CC1(C)c2ccccc2-c2cc(N(c3ccc4c(c3)-c3ccccc3C(C)(C)C4(C)C)c3ccc4c(c3)C(C)(C)C(C)(C)c3cccc(-c5ccccc5)c3-4)ccc2C1(C)C. The summed E-state index contributed by atoms with van der Waals surface area (Å²) in [6, 6.07) is 153. The molecule has 0 fully saturated rings. The average molecular weight is 1860 g/mol. The van der Waals surface area contributed by atoms with Gasteiger partial charge in [0.15, 0.2) is 0 Å². The van der Waals surface area contributed by atoms with E-state index in [0.717, 1.165) is 17.1 Å². The Labute approximate surface area is 853 Å². The summed E-state index contributed by atoms with van der Waals surface area (Å²) in [5.41, 5.74) is 44.3. The predicted molar refractivity (Wildman–Crippen MR) is 616 cm³/mol. The number of hydrogen-bond donors (Lipinski definition) is 0. The van der Waals surface area contributed by atoms with Gasteiger partial charge in [-0.3, -0.25) is 0 Å².